The van der Waals surface area contributed by atoms with E-state index in [1.54, 1.807) is 18.9 Å². The number of hydrogen-bond acceptors (Lipinski definition) is 3. The molecule has 2 amide bonds. The number of nitrogens with one attached hydrogen (secondary N) is 1. The van der Waals surface area contributed by atoms with Crippen LogP contribution < -0.4 is 5.69 Å². The van der Waals surface area contributed by atoms with E-state index >= 15 is 0 Å². The molecule has 1 N–H and O–H groups in total. The van der Waals surface area contributed by atoms with Crippen LogP contribution in [0.4, 0.5) is 0 Å². The van der Waals surface area contributed by atoms with Gasteiger partial charge >= 0.3 is 5.69 Å². The van der Waals surface area contributed by atoms with Crippen molar-refractivity contribution in [3.63, 3.8) is 0 Å². The summed E-state index contributed by atoms with van der Waals surface area (Å²) in [6.07, 6.45) is 1.87. The molecule has 2 aromatic rings. The summed E-state index contributed by atoms with van der Waals surface area (Å²) in [6.45, 7) is 3.10. The lowest BCUT2D eigenvalue weighted by atomic mass is 10.0. The van der Waals surface area contributed by atoms with Gasteiger partial charge in [-0.15, -0.1) is 0 Å². The molecule has 0 aliphatic carbocycles. The summed E-state index contributed by atoms with van der Waals surface area (Å²) in [5, 5.41) is 0. The Morgan fingerprint density at radius 2 is 1.92 bits per heavy atom. The third kappa shape index (κ3) is 3.45. The van der Waals surface area contributed by atoms with Crippen LogP contribution in [0.15, 0.2) is 29.1 Å². The molecule has 2 heterocycles. The number of likely N-dealkylation sites (tertiary alicyclic amines) is 1. The second kappa shape index (κ2) is 7.13. The summed E-state index contributed by atoms with van der Waals surface area (Å²) in [4.78, 5) is 42.4. The number of imidazole rings is 1. The van der Waals surface area contributed by atoms with Crippen molar-refractivity contribution in [1.29, 1.82) is 0 Å². The summed E-state index contributed by atoms with van der Waals surface area (Å²) < 4.78 is 1.81. The number of rotatable bonds is 4. The Balaban J connectivity index is 1.65. The zero-order valence-corrected chi connectivity index (χ0v) is 14.7. The molecule has 7 heteroatoms. The fourth-order valence-corrected chi connectivity index (χ4v) is 3.47. The number of amides is 2. The number of para-hydroxylation sites is 2. The van der Waals surface area contributed by atoms with Crippen molar-refractivity contribution in [1.82, 2.24) is 19.4 Å². The second-order valence-electron chi connectivity index (χ2n) is 6.53. The van der Waals surface area contributed by atoms with E-state index in [1.807, 2.05) is 28.8 Å². The van der Waals surface area contributed by atoms with Gasteiger partial charge in [-0.25, -0.2) is 4.79 Å². The molecule has 0 radical (unpaired) electrons. The van der Waals surface area contributed by atoms with Crippen molar-refractivity contribution >= 4 is 22.8 Å². The van der Waals surface area contributed by atoms with Gasteiger partial charge in [0.1, 0.15) is 0 Å². The highest BCUT2D eigenvalue weighted by Gasteiger charge is 2.26. The lowest BCUT2D eigenvalue weighted by Gasteiger charge is -2.33. The number of hydrogen-bond donors (Lipinski definition) is 1. The van der Waals surface area contributed by atoms with Crippen LogP contribution in [0.3, 0.4) is 0 Å². The quantitative estimate of drug-likeness (QED) is 0.910. The van der Waals surface area contributed by atoms with Crippen LogP contribution in [-0.2, 0) is 9.59 Å². The molecule has 1 aromatic heterocycles. The van der Waals surface area contributed by atoms with Crippen LogP contribution in [0.1, 0.15) is 32.2 Å². The van der Waals surface area contributed by atoms with Crippen LogP contribution in [0, 0.1) is 0 Å². The molecule has 3 rings (SSSR count). The van der Waals surface area contributed by atoms with E-state index in [4.69, 9.17) is 0 Å². The van der Waals surface area contributed by atoms with E-state index < -0.39 is 0 Å². The van der Waals surface area contributed by atoms with Crippen LogP contribution >= 0.6 is 0 Å². The number of fused-ring (bicyclic) bond motifs is 1. The minimum absolute atomic E-state index is 0.0333. The van der Waals surface area contributed by atoms with E-state index in [0.29, 0.717) is 19.5 Å². The van der Waals surface area contributed by atoms with Gasteiger partial charge in [-0.05, 0) is 25.0 Å². The van der Waals surface area contributed by atoms with Crippen LogP contribution in [-0.4, -0.2) is 57.8 Å². The first kappa shape index (κ1) is 17.3. The number of carbonyl (C=O) groups excluding carboxylic acids is 2. The number of nitrogens with zero attached hydrogens (tertiary/aromatic N) is 3. The molecule has 1 aliphatic rings. The molecular weight excluding hydrogens is 320 g/mol. The number of aromatic amines is 1. The average Bonchev–Trinajstić information content (AvgIpc) is 2.96. The maximum Gasteiger partial charge on any atom is 0.326 e. The molecule has 0 unspecified atom stereocenters. The Morgan fingerprint density at radius 3 is 2.60 bits per heavy atom. The molecule has 1 fully saturated rings. The number of carbonyl (C=O) groups is 2. The molecule has 134 valence electrons. The Hall–Kier alpha value is -2.57. The monoisotopic (exact) mass is 344 g/mol. The van der Waals surface area contributed by atoms with E-state index in [0.717, 1.165) is 23.9 Å². The number of piperidine rings is 1. The molecule has 1 aliphatic heterocycles. The Kier molecular flexibility index (Phi) is 4.92. The van der Waals surface area contributed by atoms with Gasteiger partial charge in [-0.1, -0.05) is 19.1 Å². The second-order valence-corrected chi connectivity index (χ2v) is 6.53. The number of aromatic nitrogens is 2. The molecular formula is C18H24N4O3. The largest absolute Gasteiger partial charge is 0.341 e. The summed E-state index contributed by atoms with van der Waals surface area (Å²) in [5.41, 5.74) is 1.65. The summed E-state index contributed by atoms with van der Waals surface area (Å²) in [6, 6.07) is 7.74. The third-order valence-corrected chi connectivity index (χ3v) is 4.91. The molecule has 7 nitrogen and oxygen atoms in total. The molecule has 25 heavy (non-hydrogen) atoms. The highest BCUT2D eigenvalue weighted by molar-refractivity contribution is 5.84. The van der Waals surface area contributed by atoms with Gasteiger partial charge in [0.05, 0.1) is 17.6 Å². The summed E-state index contributed by atoms with van der Waals surface area (Å²) in [7, 11) is 1.65. The smallest absolute Gasteiger partial charge is 0.326 e. The molecule has 1 aromatic carbocycles. The molecule has 0 atom stereocenters. The predicted octanol–water partition coefficient (Wildman–Crippen LogP) is 1.36. The van der Waals surface area contributed by atoms with E-state index in [2.05, 4.69) is 4.98 Å². The van der Waals surface area contributed by atoms with Crippen LogP contribution in [0.2, 0.25) is 0 Å². The van der Waals surface area contributed by atoms with Crippen molar-refractivity contribution in [2.24, 2.45) is 0 Å². The SMILES string of the molecule is CCC(=O)N(C)CC(=O)N1CCC(n2c(=O)[nH]c3ccccc32)CC1. The van der Waals surface area contributed by atoms with Crippen molar-refractivity contribution in [2.75, 3.05) is 26.7 Å². The first-order valence-corrected chi connectivity index (χ1v) is 8.72. The number of H-pyrrole nitrogens is 1. The fraction of sp³-hybridized carbons (Fsp3) is 0.500. The Morgan fingerprint density at radius 1 is 1.24 bits per heavy atom. The number of benzene rings is 1. The normalized spacial score (nSPS) is 15.5. The van der Waals surface area contributed by atoms with Crippen molar-refractivity contribution in [3.8, 4) is 0 Å². The van der Waals surface area contributed by atoms with Gasteiger partial charge < -0.3 is 14.8 Å². The van der Waals surface area contributed by atoms with Crippen LogP contribution in [0.5, 0.6) is 0 Å². The zero-order chi connectivity index (χ0) is 18.0. The topological polar surface area (TPSA) is 78.4 Å². The van der Waals surface area contributed by atoms with Gasteiger partial charge in [-0.2, -0.15) is 0 Å². The Labute approximate surface area is 146 Å². The number of likely N-dealkylation sites (N-methyl/N-ethyl adjacent to an activating group) is 1. The highest BCUT2D eigenvalue weighted by atomic mass is 16.2. The summed E-state index contributed by atoms with van der Waals surface area (Å²) >= 11 is 0. The van der Waals surface area contributed by atoms with Crippen molar-refractivity contribution < 1.29 is 9.59 Å². The van der Waals surface area contributed by atoms with Crippen molar-refractivity contribution in [3.05, 3.63) is 34.7 Å². The van der Waals surface area contributed by atoms with Gasteiger partial charge in [0, 0.05) is 32.6 Å². The minimum atomic E-state index is -0.0979. The maximum atomic E-state index is 12.4. The molecule has 0 spiro atoms. The molecule has 0 bridgehead atoms. The average molecular weight is 344 g/mol. The maximum absolute atomic E-state index is 12.4. The standard InChI is InChI=1S/C18H24N4O3/c1-3-16(23)20(2)12-17(24)21-10-8-13(9-11-21)22-15-7-5-4-6-14(15)19-18(22)25/h4-7,13H,3,8-12H2,1-2H3,(H,19,25). The van der Waals surface area contributed by atoms with Crippen molar-refractivity contribution in [2.45, 2.75) is 32.2 Å². The van der Waals surface area contributed by atoms with Gasteiger partial charge in [0.15, 0.2) is 0 Å². The minimum Gasteiger partial charge on any atom is -0.341 e. The molecule has 0 saturated carbocycles. The van der Waals surface area contributed by atoms with Crippen LogP contribution in [0.25, 0.3) is 11.0 Å². The van der Waals surface area contributed by atoms with E-state index in [9.17, 15) is 14.4 Å². The van der Waals surface area contributed by atoms with Gasteiger partial charge in [0.25, 0.3) is 0 Å². The summed E-state index contributed by atoms with van der Waals surface area (Å²) in [5.74, 6) is -0.0670. The lowest BCUT2D eigenvalue weighted by molar-refractivity contribution is -0.140. The van der Waals surface area contributed by atoms with Gasteiger partial charge in [0.2, 0.25) is 11.8 Å². The first-order valence-electron chi connectivity index (χ1n) is 8.72. The first-order chi connectivity index (χ1) is 12.0. The lowest BCUT2D eigenvalue weighted by Crippen LogP contribution is -2.45. The third-order valence-electron chi connectivity index (χ3n) is 4.91. The molecule has 1 saturated heterocycles. The predicted molar refractivity (Wildman–Crippen MR) is 95.3 cm³/mol. The van der Waals surface area contributed by atoms with Gasteiger partial charge in [-0.3, -0.25) is 14.2 Å². The highest BCUT2D eigenvalue weighted by Crippen LogP contribution is 2.24. The Bertz CT molecular complexity index is 830. The fourth-order valence-electron chi connectivity index (χ4n) is 3.47. The van der Waals surface area contributed by atoms with E-state index in [1.165, 1.54) is 4.90 Å². The zero-order valence-electron chi connectivity index (χ0n) is 14.7. The van der Waals surface area contributed by atoms with E-state index in [-0.39, 0.29) is 30.1 Å².